The number of nitrogens with one attached hydrogen (secondary N) is 1. The maximum Gasteiger partial charge on any atom is 0.0423 e. The van der Waals surface area contributed by atoms with Gasteiger partial charge in [0, 0.05) is 48.9 Å². The number of rotatable bonds is 3. The lowest BCUT2D eigenvalue weighted by Crippen LogP contribution is -2.44. The molecule has 88 valence electrons. The fourth-order valence-corrected chi connectivity index (χ4v) is 2.80. The first-order valence-corrected chi connectivity index (χ1v) is 6.91. The van der Waals surface area contributed by atoms with E-state index in [0.717, 1.165) is 26.2 Å². The Balaban J connectivity index is 2.30. The molecule has 1 saturated heterocycles. The first kappa shape index (κ1) is 11.8. The number of hydrogen-bond donors (Lipinski definition) is 2. The number of nitrogens with two attached hydrogens (primary N) is 1. The first-order valence-electron chi connectivity index (χ1n) is 5.68. The average molecular weight is 237 g/mol. The fourth-order valence-electron chi connectivity index (χ4n) is 2.15. The molecular weight excluding hydrogens is 218 g/mol. The van der Waals surface area contributed by atoms with Crippen molar-refractivity contribution in [2.45, 2.75) is 11.4 Å². The Labute approximate surface area is 101 Å². The van der Waals surface area contributed by atoms with Gasteiger partial charge in [-0.2, -0.15) is 0 Å². The molecule has 1 aromatic carbocycles. The van der Waals surface area contributed by atoms with Crippen molar-refractivity contribution >= 4 is 17.4 Å². The Kier molecular flexibility index (Phi) is 4.09. The smallest absolute Gasteiger partial charge is 0.0423 e. The molecule has 0 amide bonds. The van der Waals surface area contributed by atoms with Gasteiger partial charge in [0.15, 0.2) is 0 Å². The molecule has 0 saturated carbocycles. The summed E-state index contributed by atoms with van der Waals surface area (Å²) in [5.41, 5.74) is 8.48. The molecule has 0 radical (unpaired) electrons. The molecule has 0 unspecified atom stereocenters. The molecule has 0 aromatic heterocycles. The lowest BCUT2D eigenvalue weighted by atomic mass is 10.1. The highest BCUT2D eigenvalue weighted by Crippen LogP contribution is 2.29. The van der Waals surface area contributed by atoms with E-state index in [1.54, 1.807) is 11.8 Å². The Bertz CT molecular complexity index is 348. The Morgan fingerprint density at radius 3 is 2.75 bits per heavy atom. The van der Waals surface area contributed by atoms with Crippen molar-refractivity contribution in [3.63, 3.8) is 0 Å². The molecule has 16 heavy (non-hydrogen) atoms. The van der Waals surface area contributed by atoms with E-state index < -0.39 is 0 Å². The molecule has 1 fully saturated rings. The second-order valence-corrected chi connectivity index (χ2v) is 4.75. The van der Waals surface area contributed by atoms with Crippen LogP contribution in [0.1, 0.15) is 5.56 Å². The van der Waals surface area contributed by atoms with Crippen LogP contribution in [-0.4, -0.2) is 32.4 Å². The molecule has 0 spiro atoms. The van der Waals surface area contributed by atoms with E-state index >= 15 is 0 Å². The highest BCUT2D eigenvalue weighted by Gasteiger charge is 2.15. The summed E-state index contributed by atoms with van der Waals surface area (Å²) in [4.78, 5) is 3.73. The van der Waals surface area contributed by atoms with Crippen LogP contribution in [0, 0.1) is 0 Å². The van der Waals surface area contributed by atoms with Gasteiger partial charge in [0.1, 0.15) is 0 Å². The minimum Gasteiger partial charge on any atom is -0.369 e. The molecule has 0 aliphatic carbocycles. The second-order valence-electron chi connectivity index (χ2n) is 3.90. The quantitative estimate of drug-likeness (QED) is 0.777. The Hall–Kier alpha value is -0.710. The third-order valence-corrected chi connectivity index (χ3v) is 3.81. The maximum atomic E-state index is 5.88. The summed E-state index contributed by atoms with van der Waals surface area (Å²) < 4.78 is 0. The molecule has 0 bridgehead atoms. The second kappa shape index (κ2) is 5.57. The van der Waals surface area contributed by atoms with Gasteiger partial charge in [0.2, 0.25) is 0 Å². The SMILES string of the molecule is CSc1cccc(N2CCNCC2)c1CN. The Morgan fingerprint density at radius 1 is 1.38 bits per heavy atom. The minimum absolute atomic E-state index is 0.621. The summed E-state index contributed by atoms with van der Waals surface area (Å²) in [5, 5.41) is 3.37. The topological polar surface area (TPSA) is 41.3 Å². The highest BCUT2D eigenvalue weighted by molar-refractivity contribution is 7.98. The summed E-state index contributed by atoms with van der Waals surface area (Å²) in [6.07, 6.45) is 2.11. The van der Waals surface area contributed by atoms with Gasteiger partial charge in [0.05, 0.1) is 0 Å². The molecule has 3 N–H and O–H groups in total. The van der Waals surface area contributed by atoms with Crippen LogP contribution >= 0.6 is 11.8 Å². The predicted molar refractivity (Wildman–Crippen MR) is 71.2 cm³/mol. The summed E-state index contributed by atoms with van der Waals surface area (Å²) in [6.45, 7) is 4.90. The normalized spacial score (nSPS) is 16.5. The number of piperazine rings is 1. The van der Waals surface area contributed by atoms with Crippen molar-refractivity contribution < 1.29 is 0 Å². The van der Waals surface area contributed by atoms with Crippen LogP contribution in [0.4, 0.5) is 5.69 Å². The van der Waals surface area contributed by atoms with Crippen molar-refractivity contribution in [3.8, 4) is 0 Å². The van der Waals surface area contributed by atoms with E-state index in [1.165, 1.54) is 16.1 Å². The summed E-state index contributed by atoms with van der Waals surface area (Å²) in [6, 6.07) is 6.47. The van der Waals surface area contributed by atoms with Crippen LogP contribution in [0.3, 0.4) is 0 Å². The summed E-state index contributed by atoms with van der Waals surface area (Å²) >= 11 is 1.78. The van der Waals surface area contributed by atoms with Crippen LogP contribution in [0.2, 0.25) is 0 Å². The molecule has 4 heteroatoms. The first-order chi connectivity index (χ1) is 7.86. The molecule has 1 aromatic rings. The van der Waals surface area contributed by atoms with E-state index in [1.807, 2.05) is 0 Å². The number of anilines is 1. The van der Waals surface area contributed by atoms with Crippen LogP contribution in [-0.2, 0) is 6.54 Å². The van der Waals surface area contributed by atoms with E-state index in [0.29, 0.717) is 6.54 Å². The van der Waals surface area contributed by atoms with Gasteiger partial charge in [-0.05, 0) is 18.4 Å². The standard InChI is InChI=1S/C12H19N3S/c1-16-12-4-2-3-11(10(12)9-13)15-7-5-14-6-8-15/h2-4,14H,5-9,13H2,1H3. The van der Waals surface area contributed by atoms with Gasteiger partial charge >= 0.3 is 0 Å². The maximum absolute atomic E-state index is 5.88. The summed E-state index contributed by atoms with van der Waals surface area (Å²) in [5.74, 6) is 0. The van der Waals surface area contributed by atoms with Crippen LogP contribution < -0.4 is 16.0 Å². The van der Waals surface area contributed by atoms with Crippen molar-refractivity contribution in [1.82, 2.24) is 5.32 Å². The Morgan fingerprint density at radius 2 is 2.12 bits per heavy atom. The van der Waals surface area contributed by atoms with Crippen LogP contribution in [0.15, 0.2) is 23.1 Å². The highest BCUT2D eigenvalue weighted by atomic mass is 32.2. The number of nitrogens with zero attached hydrogens (tertiary/aromatic N) is 1. The summed E-state index contributed by atoms with van der Waals surface area (Å²) in [7, 11) is 0. The van der Waals surface area contributed by atoms with Crippen molar-refractivity contribution in [1.29, 1.82) is 0 Å². The third kappa shape index (κ3) is 2.34. The molecule has 2 rings (SSSR count). The number of benzene rings is 1. The van der Waals surface area contributed by atoms with Crippen molar-refractivity contribution in [2.75, 3.05) is 37.3 Å². The van der Waals surface area contributed by atoms with E-state index in [-0.39, 0.29) is 0 Å². The van der Waals surface area contributed by atoms with E-state index in [4.69, 9.17) is 5.73 Å². The van der Waals surface area contributed by atoms with Crippen LogP contribution in [0.25, 0.3) is 0 Å². The third-order valence-electron chi connectivity index (χ3n) is 2.99. The zero-order chi connectivity index (χ0) is 11.4. The lowest BCUT2D eigenvalue weighted by Gasteiger charge is -2.31. The zero-order valence-corrected chi connectivity index (χ0v) is 10.5. The van der Waals surface area contributed by atoms with Crippen LogP contribution in [0.5, 0.6) is 0 Å². The molecular formula is C12H19N3S. The monoisotopic (exact) mass is 237 g/mol. The molecule has 1 aliphatic rings. The average Bonchev–Trinajstić information content (AvgIpc) is 2.38. The lowest BCUT2D eigenvalue weighted by molar-refractivity contribution is 0.587. The molecule has 0 atom stereocenters. The van der Waals surface area contributed by atoms with Gasteiger partial charge in [-0.3, -0.25) is 0 Å². The molecule has 1 heterocycles. The minimum atomic E-state index is 0.621. The number of thioether (sulfide) groups is 1. The van der Waals surface area contributed by atoms with Gasteiger partial charge in [-0.15, -0.1) is 11.8 Å². The van der Waals surface area contributed by atoms with Crippen molar-refractivity contribution in [2.24, 2.45) is 5.73 Å². The van der Waals surface area contributed by atoms with Gasteiger partial charge in [0.25, 0.3) is 0 Å². The fraction of sp³-hybridized carbons (Fsp3) is 0.500. The zero-order valence-electron chi connectivity index (χ0n) is 9.70. The van der Waals surface area contributed by atoms with Gasteiger partial charge in [-0.25, -0.2) is 0 Å². The molecule has 1 aliphatic heterocycles. The number of hydrogen-bond acceptors (Lipinski definition) is 4. The van der Waals surface area contributed by atoms with E-state index in [9.17, 15) is 0 Å². The largest absolute Gasteiger partial charge is 0.369 e. The van der Waals surface area contributed by atoms with E-state index in [2.05, 4.69) is 34.7 Å². The van der Waals surface area contributed by atoms with Gasteiger partial charge in [-0.1, -0.05) is 6.07 Å². The van der Waals surface area contributed by atoms with Crippen molar-refractivity contribution in [3.05, 3.63) is 23.8 Å². The molecule has 3 nitrogen and oxygen atoms in total. The predicted octanol–water partition coefficient (Wildman–Crippen LogP) is 1.28. The van der Waals surface area contributed by atoms with Gasteiger partial charge < -0.3 is 16.0 Å².